The number of Topliss-reactive ketones (excluding diaryl/α,β-unsaturated/α-hetero) is 2. The van der Waals surface area contributed by atoms with E-state index < -0.39 is 7.04 Å². The Labute approximate surface area is 160 Å². The van der Waals surface area contributed by atoms with Crippen LogP contribution in [0.2, 0.25) is 0 Å². The Bertz CT molecular complexity index is 1150. The molecule has 4 rings (SSSR count). The second-order valence-corrected chi connectivity index (χ2v) is 6.08. The molecule has 134 valence electrons. The monoisotopic (exact) mass is 365 g/mol. The molecule has 0 radical (unpaired) electrons. The molecule has 1 aromatic heterocycles. The van der Waals surface area contributed by atoms with E-state index in [1.54, 1.807) is 46.6 Å². The maximum absolute atomic E-state index is 13.3. The zero-order chi connectivity index (χ0) is 21.5. The lowest BCUT2D eigenvalue weighted by atomic mass is 9.90. The molecule has 0 atom stereocenters. The number of carbonyl (C=O) groups excluding carboxylic acids is 2. The van der Waals surface area contributed by atoms with Gasteiger partial charge in [0.2, 0.25) is 6.21 Å². The van der Waals surface area contributed by atoms with Crippen molar-refractivity contribution < 1.29 is 27.6 Å². The molecule has 0 spiro atoms. The van der Waals surface area contributed by atoms with Crippen LogP contribution in [-0.4, -0.2) is 62.9 Å². The maximum Gasteiger partial charge on any atom is 0.421 e. The van der Waals surface area contributed by atoms with Crippen LogP contribution in [0.5, 0.6) is 0 Å². The predicted molar refractivity (Wildman–Crippen MR) is 97.3 cm³/mol. The summed E-state index contributed by atoms with van der Waals surface area (Å²) in [6.45, 7) is 1.69. The van der Waals surface area contributed by atoms with Crippen LogP contribution >= 0.6 is 0 Å². The predicted octanol–water partition coefficient (Wildman–Crippen LogP) is 1.29. The first-order chi connectivity index (χ1) is 14.3. The minimum Gasteiger partial charge on any atom is -0.378 e. The number of hydrogen-bond acceptors (Lipinski definition) is 5. The highest BCUT2D eigenvalue weighted by molar-refractivity contribution is 6.26. The molecule has 0 unspecified atom stereocenters. The summed E-state index contributed by atoms with van der Waals surface area (Å²) in [5.74, 6) is -0.0308. The molecular formula is C20H18N4O3+2. The SMILES string of the molecule is [2H]C([2H])([2H])OCC[N+]1=C(C)[N+](=Cc2cnccn2)C2=C1C(=O)c1ccccc1C2=O. The first-order valence-electron chi connectivity index (χ1n) is 9.86. The number of ketones is 2. The Morgan fingerprint density at radius 3 is 2.56 bits per heavy atom. The standard InChI is InChI=1S/C20H18N4O3/c1-13-23(9-10-27-2)17-18(24(13)12-14-11-21-7-8-22-14)20(26)16-6-4-3-5-15(16)19(17)25/h3-8,11-12H,9-10H2,1-2H3/q+2/i2D3. The van der Waals surface area contributed by atoms with Crippen LogP contribution in [0.3, 0.4) is 0 Å². The number of ether oxygens (including phenoxy) is 1. The average Bonchev–Trinajstić information content (AvgIpc) is 2.98. The lowest BCUT2D eigenvalue weighted by Gasteiger charge is -2.10. The zero-order valence-corrected chi connectivity index (χ0v) is 14.5. The molecule has 1 aliphatic carbocycles. The van der Waals surface area contributed by atoms with Gasteiger partial charge in [0.05, 0.1) is 17.2 Å². The van der Waals surface area contributed by atoms with Gasteiger partial charge < -0.3 is 4.74 Å². The van der Waals surface area contributed by atoms with Gasteiger partial charge in [-0.2, -0.15) is 0 Å². The number of aromatic nitrogens is 2. The van der Waals surface area contributed by atoms with Gasteiger partial charge in [-0.25, -0.2) is 4.98 Å². The smallest absolute Gasteiger partial charge is 0.378 e. The van der Waals surface area contributed by atoms with Gasteiger partial charge in [-0.1, -0.05) is 28.8 Å². The number of nitrogens with zero attached hydrogens (tertiary/aromatic N) is 4. The van der Waals surface area contributed by atoms with Crippen molar-refractivity contribution >= 4 is 23.6 Å². The van der Waals surface area contributed by atoms with Gasteiger partial charge in [-0.3, -0.25) is 14.6 Å². The van der Waals surface area contributed by atoms with E-state index in [1.165, 1.54) is 18.6 Å². The molecule has 0 N–H and O–H groups in total. The molecule has 7 heteroatoms. The molecule has 27 heavy (non-hydrogen) atoms. The molecule has 2 aromatic rings. The fourth-order valence-corrected chi connectivity index (χ4v) is 3.35. The van der Waals surface area contributed by atoms with Crippen LogP contribution in [0.15, 0.2) is 54.3 Å². The number of allylic oxidation sites excluding steroid dienone is 2. The number of amidine groups is 1. The highest BCUT2D eigenvalue weighted by Gasteiger charge is 2.53. The Kier molecular flexibility index (Phi) is 3.47. The average molecular weight is 365 g/mol. The maximum atomic E-state index is 13.3. The largest absolute Gasteiger partial charge is 0.421 e. The molecule has 2 aliphatic rings. The quantitative estimate of drug-likeness (QED) is 0.764. The van der Waals surface area contributed by atoms with E-state index in [0.29, 0.717) is 22.7 Å². The normalized spacial score (nSPS) is 19.7. The van der Waals surface area contributed by atoms with E-state index in [2.05, 4.69) is 9.97 Å². The minimum atomic E-state index is -2.55. The van der Waals surface area contributed by atoms with Crippen LogP contribution < -0.4 is 0 Å². The van der Waals surface area contributed by atoms with Crippen molar-refractivity contribution in [3.05, 3.63) is 71.1 Å². The summed E-state index contributed by atoms with van der Waals surface area (Å²) in [6.07, 6.45) is 6.22. The summed E-state index contributed by atoms with van der Waals surface area (Å²) in [4.78, 5) is 34.8. The van der Waals surface area contributed by atoms with E-state index in [1.807, 2.05) is 0 Å². The van der Waals surface area contributed by atoms with E-state index in [-0.39, 0.29) is 36.1 Å². The van der Waals surface area contributed by atoms with Gasteiger partial charge in [-0.15, -0.1) is 4.58 Å². The Morgan fingerprint density at radius 2 is 1.89 bits per heavy atom. The van der Waals surface area contributed by atoms with Crippen molar-refractivity contribution in [2.24, 2.45) is 0 Å². The third-order valence-corrected chi connectivity index (χ3v) is 4.58. The van der Waals surface area contributed by atoms with Crippen LogP contribution in [0.25, 0.3) is 0 Å². The van der Waals surface area contributed by atoms with Crippen molar-refractivity contribution in [3.8, 4) is 0 Å². The van der Waals surface area contributed by atoms with Crippen LogP contribution in [0, 0.1) is 0 Å². The summed E-state index contributed by atoms with van der Waals surface area (Å²) < 4.78 is 29.7. The molecule has 0 saturated carbocycles. The first-order valence-corrected chi connectivity index (χ1v) is 8.36. The molecule has 0 bridgehead atoms. The van der Waals surface area contributed by atoms with Gasteiger partial charge in [0.15, 0.2) is 6.54 Å². The zero-order valence-electron chi connectivity index (χ0n) is 17.5. The van der Waals surface area contributed by atoms with Crippen LogP contribution in [0.4, 0.5) is 0 Å². The van der Waals surface area contributed by atoms with Crippen molar-refractivity contribution in [2.75, 3.05) is 20.2 Å². The number of carbonyl (C=O) groups is 2. The molecule has 7 nitrogen and oxygen atoms in total. The second kappa shape index (κ2) is 6.77. The van der Waals surface area contributed by atoms with Gasteiger partial charge in [-0.05, 0) is 0 Å². The molecule has 2 heterocycles. The topological polar surface area (TPSA) is 75.2 Å². The van der Waals surface area contributed by atoms with Crippen LogP contribution in [-0.2, 0) is 4.74 Å². The lowest BCUT2D eigenvalue weighted by Crippen LogP contribution is -2.28. The lowest BCUT2D eigenvalue weighted by molar-refractivity contribution is -0.498. The number of hydrogen-bond donors (Lipinski definition) is 0. The molecular weight excluding hydrogens is 344 g/mol. The van der Waals surface area contributed by atoms with Gasteiger partial charge in [0.25, 0.3) is 11.6 Å². The van der Waals surface area contributed by atoms with Gasteiger partial charge in [0.1, 0.15) is 12.3 Å². The fraction of sp³-hybridized carbons (Fsp3) is 0.200. The van der Waals surface area contributed by atoms with Crippen molar-refractivity contribution in [1.82, 2.24) is 9.97 Å². The molecule has 0 saturated heterocycles. The van der Waals surface area contributed by atoms with Crippen molar-refractivity contribution in [1.29, 1.82) is 0 Å². The highest BCUT2D eigenvalue weighted by Crippen LogP contribution is 2.31. The number of fused-ring (bicyclic) bond motifs is 1. The van der Waals surface area contributed by atoms with E-state index in [4.69, 9.17) is 8.85 Å². The van der Waals surface area contributed by atoms with Gasteiger partial charge >= 0.3 is 17.2 Å². The molecule has 1 aliphatic heterocycles. The van der Waals surface area contributed by atoms with Gasteiger partial charge in [0, 0.05) is 30.6 Å². The van der Waals surface area contributed by atoms with E-state index in [0.717, 1.165) is 0 Å². The molecule has 0 fully saturated rings. The van der Waals surface area contributed by atoms with Crippen molar-refractivity contribution in [3.63, 3.8) is 0 Å². The second-order valence-electron chi connectivity index (χ2n) is 6.08. The van der Waals surface area contributed by atoms with E-state index >= 15 is 0 Å². The Hall–Kier alpha value is -3.32. The summed E-state index contributed by atoms with van der Waals surface area (Å²) in [5, 5.41) is 0. The van der Waals surface area contributed by atoms with Crippen molar-refractivity contribution in [2.45, 2.75) is 6.92 Å². The van der Waals surface area contributed by atoms with E-state index in [9.17, 15) is 9.59 Å². The summed E-state index contributed by atoms with van der Waals surface area (Å²) in [7, 11) is -2.55. The number of benzene rings is 1. The third-order valence-electron chi connectivity index (χ3n) is 4.58. The summed E-state index contributed by atoms with van der Waals surface area (Å²) >= 11 is 0. The number of methoxy groups -OCH3 is 1. The summed E-state index contributed by atoms with van der Waals surface area (Å²) in [6, 6.07) is 6.64. The fourth-order valence-electron chi connectivity index (χ4n) is 3.35. The molecule has 1 aromatic carbocycles. The third kappa shape index (κ3) is 2.72. The van der Waals surface area contributed by atoms with Crippen LogP contribution in [0.1, 0.15) is 37.4 Å². The number of rotatable bonds is 4. The first kappa shape index (κ1) is 13.8. The minimum absolute atomic E-state index is 0.0923. The molecule has 0 amide bonds. The highest BCUT2D eigenvalue weighted by atomic mass is 16.5. The Morgan fingerprint density at radius 1 is 1.15 bits per heavy atom. The Balaban J connectivity index is 1.84. The summed E-state index contributed by atoms with van der Waals surface area (Å²) in [5.41, 5.74) is 1.55.